The van der Waals surface area contributed by atoms with Gasteiger partial charge in [0, 0.05) is 17.5 Å². The zero-order valence-corrected chi connectivity index (χ0v) is 27.6. The topological polar surface area (TPSA) is 96.0 Å². The molecule has 3 aromatic carbocycles. The number of amides is 2. The van der Waals surface area contributed by atoms with Crippen molar-refractivity contribution in [1.29, 1.82) is 0 Å². The molecular weight excluding hydrogens is 595 g/mol. The Labute approximate surface area is 266 Å². The lowest BCUT2D eigenvalue weighted by atomic mass is 9.95. The van der Waals surface area contributed by atoms with Crippen molar-refractivity contribution in [3.8, 4) is 5.75 Å². The Bertz CT molecular complexity index is 1500. The zero-order valence-electron chi connectivity index (χ0n) is 26.0. The van der Waals surface area contributed by atoms with Gasteiger partial charge in [-0.3, -0.25) is 13.9 Å². The minimum absolute atomic E-state index is 0.0579. The van der Waals surface area contributed by atoms with Crippen LogP contribution in [-0.4, -0.2) is 56.6 Å². The summed E-state index contributed by atoms with van der Waals surface area (Å²) in [6, 6.07) is 20.4. The number of para-hydroxylation sites is 2. The first-order chi connectivity index (χ1) is 21.1. The molecule has 0 heterocycles. The number of rotatable bonds is 13. The lowest BCUT2D eigenvalue weighted by Gasteiger charge is -2.33. The van der Waals surface area contributed by atoms with Crippen LogP contribution in [0, 0.1) is 6.92 Å². The van der Waals surface area contributed by atoms with Crippen molar-refractivity contribution in [2.45, 2.75) is 81.3 Å². The molecule has 1 N–H and O–H groups in total. The second-order valence-electron chi connectivity index (χ2n) is 11.1. The molecule has 10 heteroatoms. The van der Waals surface area contributed by atoms with Crippen molar-refractivity contribution in [3.63, 3.8) is 0 Å². The smallest absolute Gasteiger partial charge is 0.264 e. The average molecular weight is 638 g/mol. The Kier molecular flexibility index (Phi) is 11.7. The highest BCUT2D eigenvalue weighted by molar-refractivity contribution is 7.98. The minimum Gasteiger partial charge on any atom is -0.492 e. The van der Waals surface area contributed by atoms with Gasteiger partial charge in [-0.1, -0.05) is 61.2 Å². The Morgan fingerprint density at radius 1 is 0.977 bits per heavy atom. The van der Waals surface area contributed by atoms with E-state index in [0.717, 1.165) is 52.4 Å². The first-order valence-electron chi connectivity index (χ1n) is 15.2. The highest BCUT2D eigenvalue weighted by atomic mass is 32.2. The van der Waals surface area contributed by atoms with Gasteiger partial charge in [0.2, 0.25) is 11.8 Å². The van der Waals surface area contributed by atoms with Crippen molar-refractivity contribution in [3.05, 3.63) is 83.9 Å². The summed E-state index contributed by atoms with van der Waals surface area (Å²) in [5.41, 5.74) is 2.18. The van der Waals surface area contributed by atoms with Crippen LogP contribution in [0.25, 0.3) is 0 Å². The van der Waals surface area contributed by atoms with Crippen LogP contribution in [0.15, 0.2) is 82.6 Å². The van der Waals surface area contributed by atoms with Crippen LogP contribution < -0.4 is 14.4 Å². The molecule has 44 heavy (non-hydrogen) atoms. The molecular formula is C34H43N3O5S2. The summed E-state index contributed by atoms with van der Waals surface area (Å²) in [4.78, 5) is 30.3. The quantitative estimate of drug-likeness (QED) is 0.225. The predicted molar refractivity (Wildman–Crippen MR) is 177 cm³/mol. The Hall–Kier alpha value is -3.50. The van der Waals surface area contributed by atoms with Crippen LogP contribution in [0.4, 0.5) is 5.69 Å². The standard InChI is InChI=1S/C34H43N3O5S2/c1-5-42-32-14-10-9-13-31(32)37(44(40,41)30-21-19-29(43-4)20-22-30)24-33(38)36(23-27-17-15-25(2)16-18-27)26(3)34(39)35-28-11-7-6-8-12-28/h9-10,13-22,26,28H,5-8,11-12,23-24H2,1-4H3,(H,35,39). The monoisotopic (exact) mass is 637 g/mol. The molecule has 0 bridgehead atoms. The van der Waals surface area contributed by atoms with Crippen LogP contribution in [-0.2, 0) is 26.2 Å². The van der Waals surface area contributed by atoms with Gasteiger partial charge >= 0.3 is 0 Å². The van der Waals surface area contributed by atoms with E-state index in [1.807, 2.05) is 44.4 Å². The second-order valence-corrected chi connectivity index (χ2v) is 13.9. The molecule has 1 unspecified atom stereocenters. The highest BCUT2D eigenvalue weighted by Gasteiger charge is 2.34. The summed E-state index contributed by atoms with van der Waals surface area (Å²) in [6.45, 7) is 5.47. The number of sulfonamides is 1. The fourth-order valence-electron chi connectivity index (χ4n) is 5.37. The summed E-state index contributed by atoms with van der Waals surface area (Å²) < 4.78 is 35.4. The van der Waals surface area contributed by atoms with Gasteiger partial charge in [0.1, 0.15) is 18.3 Å². The van der Waals surface area contributed by atoms with Crippen molar-refractivity contribution in [2.75, 3.05) is 23.7 Å². The molecule has 2 amide bonds. The second kappa shape index (κ2) is 15.5. The summed E-state index contributed by atoms with van der Waals surface area (Å²) in [5, 5.41) is 3.14. The van der Waals surface area contributed by atoms with Crippen LogP contribution in [0.3, 0.4) is 0 Å². The Morgan fingerprint density at radius 2 is 1.64 bits per heavy atom. The van der Waals surface area contributed by atoms with Gasteiger partial charge in [-0.2, -0.15) is 0 Å². The lowest BCUT2D eigenvalue weighted by Crippen LogP contribution is -2.53. The molecule has 0 saturated heterocycles. The van der Waals surface area contributed by atoms with Gasteiger partial charge in [0.05, 0.1) is 17.2 Å². The fourth-order valence-corrected chi connectivity index (χ4v) is 7.20. The molecule has 1 aliphatic rings. The van der Waals surface area contributed by atoms with Gasteiger partial charge in [-0.05, 0) is 81.8 Å². The number of carbonyl (C=O) groups is 2. The van der Waals surface area contributed by atoms with Crippen LogP contribution in [0.2, 0.25) is 0 Å². The number of aryl methyl sites for hydroxylation is 1. The molecule has 4 rings (SSSR count). The van der Waals surface area contributed by atoms with E-state index in [2.05, 4.69) is 5.32 Å². The number of ether oxygens (including phenoxy) is 1. The Balaban J connectivity index is 1.71. The average Bonchev–Trinajstić information content (AvgIpc) is 3.04. The highest BCUT2D eigenvalue weighted by Crippen LogP contribution is 2.33. The molecule has 0 spiro atoms. The third-order valence-corrected chi connectivity index (χ3v) is 10.5. The number of anilines is 1. The van der Waals surface area contributed by atoms with Crippen molar-refractivity contribution < 1.29 is 22.7 Å². The normalized spacial score (nSPS) is 14.5. The van der Waals surface area contributed by atoms with Crippen LogP contribution >= 0.6 is 11.8 Å². The van der Waals surface area contributed by atoms with Crippen molar-refractivity contribution in [1.82, 2.24) is 10.2 Å². The molecule has 1 fully saturated rings. The van der Waals surface area contributed by atoms with E-state index in [9.17, 15) is 18.0 Å². The van der Waals surface area contributed by atoms with Crippen molar-refractivity contribution >= 4 is 39.3 Å². The van der Waals surface area contributed by atoms with Gasteiger partial charge in [-0.15, -0.1) is 11.8 Å². The number of thioether (sulfide) groups is 1. The third kappa shape index (κ3) is 8.35. The number of carbonyl (C=O) groups excluding carboxylic acids is 2. The Morgan fingerprint density at radius 3 is 2.27 bits per heavy atom. The number of hydrogen-bond acceptors (Lipinski definition) is 6. The van der Waals surface area contributed by atoms with E-state index in [-0.39, 0.29) is 29.1 Å². The maximum absolute atomic E-state index is 14.3. The maximum Gasteiger partial charge on any atom is 0.264 e. The summed E-state index contributed by atoms with van der Waals surface area (Å²) in [7, 11) is -4.20. The number of nitrogens with one attached hydrogen (secondary N) is 1. The predicted octanol–water partition coefficient (Wildman–Crippen LogP) is 6.18. The van der Waals surface area contributed by atoms with Crippen molar-refractivity contribution in [2.24, 2.45) is 0 Å². The molecule has 0 aliphatic heterocycles. The zero-order chi connectivity index (χ0) is 31.7. The van der Waals surface area contributed by atoms with Gasteiger partial charge in [0.15, 0.2) is 0 Å². The van der Waals surface area contributed by atoms with Gasteiger partial charge in [-0.25, -0.2) is 8.42 Å². The molecule has 0 radical (unpaired) electrons. The molecule has 0 aromatic heterocycles. The van der Waals surface area contributed by atoms with E-state index >= 15 is 0 Å². The summed E-state index contributed by atoms with van der Waals surface area (Å²) >= 11 is 1.51. The van der Waals surface area contributed by atoms with E-state index in [1.165, 1.54) is 16.7 Å². The molecule has 8 nitrogen and oxygen atoms in total. The molecule has 1 saturated carbocycles. The number of benzene rings is 3. The molecule has 3 aromatic rings. The minimum atomic E-state index is -4.20. The van der Waals surface area contributed by atoms with E-state index in [0.29, 0.717) is 12.4 Å². The van der Waals surface area contributed by atoms with E-state index in [1.54, 1.807) is 55.5 Å². The van der Waals surface area contributed by atoms with Gasteiger partial charge < -0.3 is 15.0 Å². The fraction of sp³-hybridized carbons (Fsp3) is 0.412. The first-order valence-corrected chi connectivity index (χ1v) is 17.8. The number of nitrogens with zero attached hydrogens (tertiary/aromatic N) is 2. The number of hydrogen-bond donors (Lipinski definition) is 1. The van der Waals surface area contributed by atoms with Crippen LogP contribution in [0.5, 0.6) is 5.75 Å². The maximum atomic E-state index is 14.3. The van der Waals surface area contributed by atoms with E-state index in [4.69, 9.17) is 4.74 Å². The molecule has 1 atom stereocenters. The van der Waals surface area contributed by atoms with Gasteiger partial charge in [0.25, 0.3) is 10.0 Å². The van der Waals surface area contributed by atoms with E-state index < -0.39 is 28.5 Å². The third-order valence-electron chi connectivity index (χ3n) is 7.95. The lowest BCUT2D eigenvalue weighted by molar-refractivity contribution is -0.139. The molecule has 1 aliphatic carbocycles. The molecule has 236 valence electrons. The largest absolute Gasteiger partial charge is 0.492 e. The first kappa shape index (κ1) is 33.4. The van der Waals surface area contributed by atoms with Crippen LogP contribution in [0.1, 0.15) is 57.1 Å². The summed E-state index contributed by atoms with van der Waals surface area (Å²) in [6.07, 6.45) is 7.04. The SMILES string of the molecule is CCOc1ccccc1N(CC(=O)N(Cc1ccc(C)cc1)C(C)C(=O)NC1CCCCC1)S(=O)(=O)c1ccc(SC)cc1. The summed E-state index contributed by atoms with van der Waals surface area (Å²) in [5.74, 6) is -0.387.